The largest absolute Gasteiger partial charge is 0.480 e. The Balaban J connectivity index is 0. The second kappa shape index (κ2) is 9.34. The molecule has 0 aromatic carbocycles. The summed E-state index contributed by atoms with van der Waals surface area (Å²) in [6.45, 7) is 5.83. The Morgan fingerprint density at radius 1 is 1.33 bits per heavy atom. The summed E-state index contributed by atoms with van der Waals surface area (Å²) in [6, 6.07) is -0.823. The van der Waals surface area contributed by atoms with E-state index < -0.39 is 23.7 Å². The predicted molar refractivity (Wildman–Crippen MR) is 63.7 cm³/mol. The molecule has 7 heteroatoms. The third-order valence-electron chi connectivity index (χ3n) is 1.93. The van der Waals surface area contributed by atoms with Crippen LogP contribution in [0.2, 0.25) is 0 Å². The molecule has 0 rings (SSSR count). The Kier molecular flexibility index (Phi) is 10.2. The van der Waals surface area contributed by atoms with Gasteiger partial charge < -0.3 is 20.9 Å². The third kappa shape index (κ3) is 11.9. The van der Waals surface area contributed by atoms with E-state index in [1.54, 1.807) is 20.8 Å². The number of rotatable bonds is 6. The standard InChI is InChI=1S/C11H22N2O4.W/c1-11(2,3)17-10(16)13-7-5-4-6-8(12)9(14)15;/h8H,4-7,12H2,1-3H3,(H,13,16)(H,14,15);. The molecule has 6 nitrogen and oxygen atoms in total. The van der Waals surface area contributed by atoms with Crippen LogP contribution in [-0.2, 0) is 30.6 Å². The van der Waals surface area contributed by atoms with Gasteiger partial charge in [-0.25, -0.2) is 4.79 Å². The topological polar surface area (TPSA) is 102 Å². The summed E-state index contributed by atoms with van der Waals surface area (Å²) < 4.78 is 5.03. The van der Waals surface area contributed by atoms with Crippen molar-refractivity contribution in [3.05, 3.63) is 0 Å². The van der Waals surface area contributed by atoms with Gasteiger partial charge in [-0.15, -0.1) is 0 Å². The average Bonchev–Trinajstić information content (AvgIpc) is 2.13. The molecule has 1 amide bonds. The molecule has 0 saturated carbocycles. The number of amides is 1. The number of carbonyl (C=O) groups excluding carboxylic acids is 1. The van der Waals surface area contributed by atoms with E-state index in [0.717, 1.165) is 0 Å². The zero-order valence-electron chi connectivity index (χ0n) is 11.1. The van der Waals surface area contributed by atoms with Crippen molar-refractivity contribution in [2.45, 2.75) is 51.7 Å². The summed E-state index contributed by atoms with van der Waals surface area (Å²) in [5.74, 6) is -0.995. The van der Waals surface area contributed by atoms with Gasteiger partial charge in [0.05, 0.1) is 0 Å². The van der Waals surface area contributed by atoms with Crippen molar-refractivity contribution in [3.63, 3.8) is 0 Å². The van der Waals surface area contributed by atoms with Crippen molar-refractivity contribution in [1.82, 2.24) is 5.32 Å². The number of ether oxygens (including phenoxy) is 1. The van der Waals surface area contributed by atoms with Gasteiger partial charge in [0.25, 0.3) is 0 Å². The van der Waals surface area contributed by atoms with Crippen molar-refractivity contribution in [1.29, 1.82) is 0 Å². The van der Waals surface area contributed by atoms with E-state index >= 15 is 0 Å². The van der Waals surface area contributed by atoms with Gasteiger partial charge in [0.2, 0.25) is 0 Å². The van der Waals surface area contributed by atoms with Crippen LogP contribution in [0.15, 0.2) is 0 Å². The van der Waals surface area contributed by atoms with E-state index in [-0.39, 0.29) is 21.1 Å². The van der Waals surface area contributed by atoms with Crippen LogP contribution in [0.4, 0.5) is 4.79 Å². The van der Waals surface area contributed by atoms with Gasteiger partial charge >= 0.3 is 12.1 Å². The van der Waals surface area contributed by atoms with Crippen LogP contribution in [0.1, 0.15) is 40.0 Å². The van der Waals surface area contributed by atoms with Gasteiger partial charge in [-0.3, -0.25) is 4.79 Å². The van der Waals surface area contributed by atoms with E-state index in [1.165, 1.54) is 0 Å². The smallest absolute Gasteiger partial charge is 0.407 e. The molecule has 0 spiro atoms. The van der Waals surface area contributed by atoms with Crippen molar-refractivity contribution in [2.24, 2.45) is 5.73 Å². The maximum absolute atomic E-state index is 11.2. The second-order valence-electron chi connectivity index (χ2n) is 4.87. The fourth-order valence-electron chi connectivity index (χ4n) is 1.12. The molecule has 4 N–H and O–H groups in total. The van der Waals surface area contributed by atoms with Crippen LogP contribution in [0.5, 0.6) is 0 Å². The molecule has 0 heterocycles. The number of carboxylic acids is 1. The third-order valence-corrected chi connectivity index (χ3v) is 1.93. The summed E-state index contributed by atoms with van der Waals surface area (Å²) in [5.41, 5.74) is 4.83. The van der Waals surface area contributed by atoms with Gasteiger partial charge in [0, 0.05) is 27.6 Å². The Morgan fingerprint density at radius 3 is 2.33 bits per heavy atom. The van der Waals surface area contributed by atoms with Crippen molar-refractivity contribution in [2.75, 3.05) is 6.54 Å². The molecule has 0 aliphatic carbocycles. The van der Waals surface area contributed by atoms with Gasteiger partial charge in [-0.1, -0.05) is 0 Å². The first kappa shape index (κ1) is 19.7. The Labute approximate surface area is 122 Å². The van der Waals surface area contributed by atoms with E-state index in [4.69, 9.17) is 15.6 Å². The zero-order chi connectivity index (χ0) is 13.5. The predicted octanol–water partition coefficient (Wildman–Crippen LogP) is 1.09. The molecule has 0 saturated heterocycles. The maximum atomic E-state index is 11.2. The van der Waals surface area contributed by atoms with Crippen molar-refractivity contribution >= 4 is 12.1 Å². The van der Waals surface area contributed by atoms with Gasteiger partial charge in [0.15, 0.2) is 0 Å². The summed E-state index contributed by atoms with van der Waals surface area (Å²) >= 11 is 0. The number of unbranched alkanes of at least 4 members (excludes halogenated alkanes) is 1. The molecule has 0 aromatic heterocycles. The first-order chi connectivity index (χ1) is 7.72. The monoisotopic (exact) mass is 430 g/mol. The summed E-state index contributed by atoms with van der Waals surface area (Å²) in [6.07, 6.45) is 1.29. The van der Waals surface area contributed by atoms with Crippen LogP contribution < -0.4 is 11.1 Å². The molecule has 0 aliphatic heterocycles. The zero-order valence-corrected chi connectivity index (χ0v) is 14.0. The normalized spacial score (nSPS) is 12.2. The van der Waals surface area contributed by atoms with Gasteiger partial charge in [-0.05, 0) is 40.0 Å². The number of nitrogens with two attached hydrogens (primary N) is 1. The quantitative estimate of drug-likeness (QED) is 0.548. The number of hydrogen-bond donors (Lipinski definition) is 3. The van der Waals surface area contributed by atoms with Crippen LogP contribution >= 0.6 is 0 Å². The summed E-state index contributed by atoms with van der Waals surface area (Å²) in [4.78, 5) is 21.6. The fourth-order valence-corrected chi connectivity index (χ4v) is 1.12. The first-order valence-electron chi connectivity index (χ1n) is 5.67. The van der Waals surface area contributed by atoms with E-state index in [9.17, 15) is 9.59 Å². The number of carbonyl (C=O) groups is 2. The van der Waals surface area contributed by atoms with Crippen LogP contribution in [0.3, 0.4) is 0 Å². The number of carboxylic acid groups (broad SMARTS) is 1. The van der Waals surface area contributed by atoms with Crippen molar-refractivity contribution < 1.29 is 40.5 Å². The molecule has 0 aliphatic rings. The first-order valence-corrected chi connectivity index (χ1v) is 5.67. The van der Waals surface area contributed by atoms with Gasteiger partial charge in [0.1, 0.15) is 11.6 Å². The minimum Gasteiger partial charge on any atom is -0.480 e. The van der Waals surface area contributed by atoms with E-state index in [0.29, 0.717) is 25.8 Å². The minimum absolute atomic E-state index is 0. The maximum Gasteiger partial charge on any atom is 0.407 e. The SMILES string of the molecule is CC(C)(C)OC(=O)NCCCCC(N)C(=O)O.[W]. The van der Waals surface area contributed by atoms with Gasteiger partial charge in [-0.2, -0.15) is 0 Å². The second-order valence-corrected chi connectivity index (χ2v) is 4.87. The molecule has 0 fully saturated rings. The minimum atomic E-state index is -0.995. The van der Waals surface area contributed by atoms with Crippen LogP contribution in [0, 0.1) is 0 Å². The average molecular weight is 430 g/mol. The van der Waals surface area contributed by atoms with Crippen LogP contribution in [-0.4, -0.2) is 35.4 Å². The Bertz CT molecular complexity index is 266. The van der Waals surface area contributed by atoms with Crippen molar-refractivity contribution in [3.8, 4) is 0 Å². The fraction of sp³-hybridized carbons (Fsp3) is 0.818. The number of hydrogen-bond acceptors (Lipinski definition) is 4. The van der Waals surface area contributed by atoms with E-state index in [1.807, 2.05) is 0 Å². The number of aliphatic carboxylic acids is 1. The Morgan fingerprint density at radius 2 is 1.89 bits per heavy atom. The van der Waals surface area contributed by atoms with E-state index in [2.05, 4.69) is 5.32 Å². The molecular weight excluding hydrogens is 408 g/mol. The molecular formula is C11H22N2O4W. The van der Waals surface area contributed by atoms with Crippen LogP contribution in [0.25, 0.3) is 0 Å². The summed E-state index contributed by atoms with van der Waals surface area (Å²) in [7, 11) is 0. The number of alkyl carbamates (subject to hydrolysis) is 1. The number of nitrogens with one attached hydrogen (secondary N) is 1. The molecule has 0 radical (unpaired) electrons. The Hall–Kier alpha value is -0.612. The molecule has 1 atom stereocenters. The molecule has 106 valence electrons. The molecule has 1 unspecified atom stereocenters. The molecule has 18 heavy (non-hydrogen) atoms. The molecule has 0 aromatic rings. The summed E-state index contributed by atoms with van der Waals surface area (Å²) in [5, 5.41) is 11.1. The molecule has 0 bridgehead atoms.